The van der Waals surface area contributed by atoms with Crippen LogP contribution in [0.1, 0.15) is 10.6 Å². The molecule has 0 saturated heterocycles. The lowest BCUT2D eigenvalue weighted by molar-refractivity contribution is -0.384. The van der Waals surface area contributed by atoms with Gasteiger partial charge in [-0.05, 0) is 59.3 Å². The Balaban J connectivity index is 1.25. The second-order valence-electron chi connectivity index (χ2n) is 8.16. The van der Waals surface area contributed by atoms with E-state index in [-0.39, 0.29) is 17.2 Å². The number of nitrogens with one attached hydrogen (secondary N) is 1. The molecule has 1 amide bonds. The van der Waals surface area contributed by atoms with E-state index in [4.69, 9.17) is 8.83 Å². The van der Waals surface area contributed by atoms with Gasteiger partial charge in [-0.25, -0.2) is 4.98 Å². The van der Waals surface area contributed by atoms with Crippen LogP contribution in [0, 0.1) is 10.1 Å². The molecule has 6 rings (SSSR count). The van der Waals surface area contributed by atoms with Gasteiger partial charge in [0, 0.05) is 17.3 Å². The van der Waals surface area contributed by atoms with Crippen LogP contribution in [0.3, 0.4) is 0 Å². The van der Waals surface area contributed by atoms with Crippen molar-refractivity contribution >= 4 is 39.2 Å². The smallest absolute Gasteiger partial charge is 0.291 e. The van der Waals surface area contributed by atoms with Gasteiger partial charge in [0.1, 0.15) is 11.3 Å². The zero-order chi connectivity index (χ0) is 24.6. The van der Waals surface area contributed by atoms with E-state index >= 15 is 0 Å². The first kappa shape index (κ1) is 21.3. The summed E-state index contributed by atoms with van der Waals surface area (Å²) in [5.41, 5.74) is 2.75. The fraction of sp³-hybridized carbons (Fsp3) is 0. The van der Waals surface area contributed by atoms with Gasteiger partial charge in [0.25, 0.3) is 11.6 Å². The molecular weight excluding hydrogens is 458 g/mol. The number of para-hydroxylation sites is 1. The maximum atomic E-state index is 12.8. The predicted octanol–water partition coefficient (Wildman–Crippen LogP) is 7.07. The Morgan fingerprint density at radius 1 is 0.833 bits per heavy atom. The molecule has 0 fully saturated rings. The van der Waals surface area contributed by atoms with Crippen molar-refractivity contribution in [1.82, 2.24) is 4.98 Å². The molecule has 0 aliphatic heterocycles. The molecule has 2 aromatic heterocycles. The Bertz CT molecular complexity index is 1780. The maximum Gasteiger partial charge on any atom is 0.291 e. The number of anilines is 1. The van der Waals surface area contributed by atoms with Crippen molar-refractivity contribution in [2.24, 2.45) is 0 Å². The number of amides is 1. The van der Waals surface area contributed by atoms with E-state index in [1.807, 2.05) is 42.5 Å². The number of oxazole rings is 1. The molecule has 0 saturated carbocycles. The van der Waals surface area contributed by atoms with Crippen LogP contribution in [0.15, 0.2) is 106 Å². The number of benzene rings is 4. The lowest BCUT2D eigenvalue weighted by atomic mass is 10.1. The molecule has 2 heterocycles. The topological polar surface area (TPSA) is 111 Å². The summed E-state index contributed by atoms with van der Waals surface area (Å²) < 4.78 is 11.6. The highest BCUT2D eigenvalue weighted by molar-refractivity contribution is 6.03. The van der Waals surface area contributed by atoms with Gasteiger partial charge in [0.05, 0.1) is 10.5 Å². The Morgan fingerprint density at radius 3 is 2.50 bits per heavy atom. The highest BCUT2D eigenvalue weighted by Gasteiger charge is 2.19. The fourth-order valence-corrected chi connectivity index (χ4v) is 4.09. The molecule has 4 aromatic carbocycles. The standard InChI is InChI=1S/C28H17N3O5/c32-27(26-14-13-24(35-26)21-7-3-4-8-23(21)31(33)34)29-20-11-12-25-22(16-20)30-28(36-25)19-10-9-17-5-1-2-6-18(17)15-19/h1-16H,(H,29,32). The first-order valence-corrected chi connectivity index (χ1v) is 11.1. The van der Waals surface area contributed by atoms with Crippen molar-refractivity contribution in [2.75, 3.05) is 5.32 Å². The van der Waals surface area contributed by atoms with Gasteiger partial charge in [-0.2, -0.15) is 0 Å². The summed E-state index contributed by atoms with van der Waals surface area (Å²) >= 11 is 0. The minimum atomic E-state index is -0.489. The number of carbonyl (C=O) groups is 1. The van der Waals surface area contributed by atoms with Crippen molar-refractivity contribution in [3.05, 3.63) is 113 Å². The van der Waals surface area contributed by atoms with Crippen LogP contribution in [-0.4, -0.2) is 15.8 Å². The summed E-state index contributed by atoms with van der Waals surface area (Å²) in [6.45, 7) is 0. The molecule has 36 heavy (non-hydrogen) atoms. The Morgan fingerprint density at radius 2 is 1.64 bits per heavy atom. The van der Waals surface area contributed by atoms with Crippen molar-refractivity contribution in [3.63, 3.8) is 0 Å². The fourth-order valence-electron chi connectivity index (χ4n) is 4.09. The number of aromatic nitrogens is 1. The van der Waals surface area contributed by atoms with Crippen LogP contribution >= 0.6 is 0 Å². The van der Waals surface area contributed by atoms with Crippen LogP contribution in [0.25, 0.3) is 44.7 Å². The lowest BCUT2D eigenvalue weighted by Crippen LogP contribution is -2.10. The van der Waals surface area contributed by atoms with Crippen molar-refractivity contribution in [2.45, 2.75) is 0 Å². The number of nitro benzene ring substituents is 1. The first-order chi connectivity index (χ1) is 17.5. The average Bonchev–Trinajstić information content (AvgIpc) is 3.56. The third-order valence-electron chi connectivity index (χ3n) is 5.84. The van der Waals surface area contributed by atoms with E-state index in [9.17, 15) is 14.9 Å². The molecule has 0 aliphatic rings. The zero-order valence-corrected chi connectivity index (χ0v) is 18.7. The molecule has 174 valence electrons. The molecule has 0 atom stereocenters. The predicted molar refractivity (Wildman–Crippen MR) is 136 cm³/mol. The summed E-state index contributed by atoms with van der Waals surface area (Å²) in [6.07, 6.45) is 0. The first-order valence-electron chi connectivity index (χ1n) is 11.1. The minimum Gasteiger partial charge on any atom is -0.451 e. The number of hydrogen-bond acceptors (Lipinski definition) is 6. The van der Waals surface area contributed by atoms with Crippen LogP contribution < -0.4 is 5.32 Å². The van der Waals surface area contributed by atoms with E-state index in [1.165, 1.54) is 18.2 Å². The summed E-state index contributed by atoms with van der Waals surface area (Å²) in [4.78, 5) is 28.2. The number of nitrogens with zero attached hydrogens (tertiary/aromatic N) is 2. The van der Waals surface area contributed by atoms with Crippen LogP contribution in [0.2, 0.25) is 0 Å². The van der Waals surface area contributed by atoms with E-state index in [2.05, 4.69) is 10.3 Å². The highest BCUT2D eigenvalue weighted by atomic mass is 16.6. The lowest BCUT2D eigenvalue weighted by Gasteiger charge is -2.03. The van der Waals surface area contributed by atoms with Crippen molar-refractivity contribution in [3.8, 4) is 22.8 Å². The number of fused-ring (bicyclic) bond motifs is 2. The Labute approximate surface area is 204 Å². The number of rotatable bonds is 5. The van der Waals surface area contributed by atoms with Gasteiger partial charge in [-0.15, -0.1) is 0 Å². The summed E-state index contributed by atoms with van der Waals surface area (Å²) in [6, 6.07) is 28.4. The molecule has 0 radical (unpaired) electrons. The van der Waals surface area contributed by atoms with Gasteiger partial charge < -0.3 is 14.2 Å². The molecule has 0 unspecified atom stereocenters. The molecule has 6 aromatic rings. The van der Waals surface area contributed by atoms with Crippen molar-refractivity contribution < 1.29 is 18.6 Å². The second kappa shape index (κ2) is 8.52. The van der Waals surface area contributed by atoms with Crippen molar-refractivity contribution in [1.29, 1.82) is 0 Å². The summed E-state index contributed by atoms with van der Waals surface area (Å²) in [7, 11) is 0. The number of furan rings is 1. The normalized spacial score (nSPS) is 11.1. The largest absolute Gasteiger partial charge is 0.451 e. The third kappa shape index (κ3) is 3.86. The number of carbonyl (C=O) groups excluding carboxylic acids is 1. The van der Waals surface area contributed by atoms with Crippen LogP contribution in [0.4, 0.5) is 11.4 Å². The summed E-state index contributed by atoms with van der Waals surface area (Å²) in [5, 5.41) is 16.3. The van der Waals surface area contributed by atoms with Gasteiger partial charge in [-0.3, -0.25) is 14.9 Å². The molecule has 0 bridgehead atoms. The van der Waals surface area contributed by atoms with E-state index in [0.29, 0.717) is 28.2 Å². The zero-order valence-electron chi connectivity index (χ0n) is 18.7. The van der Waals surface area contributed by atoms with Gasteiger partial charge in [-0.1, -0.05) is 42.5 Å². The van der Waals surface area contributed by atoms with E-state index in [1.54, 1.807) is 36.4 Å². The Kier molecular flexibility index (Phi) is 5.04. The second-order valence-corrected chi connectivity index (χ2v) is 8.16. The average molecular weight is 475 g/mol. The molecule has 8 heteroatoms. The molecular formula is C28H17N3O5. The summed E-state index contributed by atoms with van der Waals surface area (Å²) in [5.74, 6) is 0.261. The van der Waals surface area contributed by atoms with Gasteiger partial charge in [0.15, 0.2) is 11.3 Å². The van der Waals surface area contributed by atoms with Crippen LogP contribution in [-0.2, 0) is 0 Å². The quantitative estimate of drug-likeness (QED) is 0.211. The minimum absolute atomic E-state index is 0.0280. The number of nitro groups is 1. The van der Waals surface area contributed by atoms with Gasteiger partial charge >= 0.3 is 0 Å². The van der Waals surface area contributed by atoms with Crippen LogP contribution in [0.5, 0.6) is 0 Å². The molecule has 8 nitrogen and oxygen atoms in total. The monoisotopic (exact) mass is 475 g/mol. The third-order valence-corrected chi connectivity index (χ3v) is 5.84. The highest BCUT2D eigenvalue weighted by Crippen LogP contribution is 2.32. The Hall–Kier alpha value is -5.24. The molecule has 1 N–H and O–H groups in total. The van der Waals surface area contributed by atoms with E-state index < -0.39 is 10.8 Å². The number of hydrogen-bond donors (Lipinski definition) is 1. The SMILES string of the molecule is O=C(Nc1ccc2oc(-c3ccc4ccccc4c3)nc2c1)c1ccc(-c2ccccc2[N+](=O)[O-])o1. The molecule has 0 aliphatic carbocycles. The maximum absolute atomic E-state index is 12.8. The van der Waals surface area contributed by atoms with Gasteiger partial charge in [0.2, 0.25) is 5.89 Å². The van der Waals surface area contributed by atoms with E-state index in [0.717, 1.165) is 16.3 Å². The molecule has 0 spiro atoms.